The highest BCUT2D eigenvalue weighted by Gasteiger charge is 2.49. The van der Waals surface area contributed by atoms with E-state index in [1.165, 1.54) is 0 Å². The van der Waals surface area contributed by atoms with Crippen molar-refractivity contribution in [1.29, 1.82) is 0 Å². The van der Waals surface area contributed by atoms with Gasteiger partial charge in [0.2, 0.25) is 11.8 Å². The molecule has 2 N–H and O–H groups in total. The number of carbonyl (C=O) groups is 2. The molecule has 2 aromatic rings. The Balaban J connectivity index is 1.69. The molecule has 2 heterocycles. The molecule has 2 amide bonds. The van der Waals surface area contributed by atoms with Crippen LogP contribution in [0.2, 0.25) is 0 Å². The third-order valence-electron chi connectivity index (χ3n) is 7.17. The Morgan fingerprint density at radius 3 is 2.29 bits per heavy atom. The summed E-state index contributed by atoms with van der Waals surface area (Å²) in [6.07, 6.45) is 7.84. The zero-order chi connectivity index (χ0) is 21.9. The summed E-state index contributed by atoms with van der Waals surface area (Å²) in [5, 5.41) is 0. The number of rotatable bonds is 5. The SMILES string of the molecule is COc1ccc(C2(C(=O)N3CCC[C@](C(N)=O)(c4ccccn4)C3)CCCCC2)cc1. The summed E-state index contributed by atoms with van der Waals surface area (Å²) >= 11 is 0. The molecule has 0 spiro atoms. The number of piperidine rings is 1. The number of hydrogen-bond acceptors (Lipinski definition) is 4. The van der Waals surface area contributed by atoms with Crippen LogP contribution in [-0.4, -0.2) is 41.9 Å². The van der Waals surface area contributed by atoms with Gasteiger partial charge in [0.05, 0.1) is 18.2 Å². The van der Waals surface area contributed by atoms with Gasteiger partial charge in [-0.05, 0) is 55.5 Å². The van der Waals surface area contributed by atoms with Crippen molar-refractivity contribution in [3.8, 4) is 5.75 Å². The van der Waals surface area contributed by atoms with Crippen LogP contribution >= 0.6 is 0 Å². The molecule has 6 nitrogen and oxygen atoms in total. The van der Waals surface area contributed by atoms with E-state index >= 15 is 0 Å². The van der Waals surface area contributed by atoms with Crippen LogP contribution in [0.5, 0.6) is 5.75 Å². The average Bonchev–Trinajstić information content (AvgIpc) is 2.84. The van der Waals surface area contributed by atoms with Gasteiger partial charge >= 0.3 is 0 Å². The Kier molecular flexibility index (Phi) is 5.99. The quantitative estimate of drug-likeness (QED) is 0.802. The number of methoxy groups -OCH3 is 1. The summed E-state index contributed by atoms with van der Waals surface area (Å²) in [6, 6.07) is 13.4. The first-order valence-corrected chi connectivity index (χ1v) is 11.2. The monoisotopic (exact) mass is 421 g/mol. The van der Waals surface area contributed by atoms with Crippen LogP contribution in [0.3, 0.4) is 0 Å². The Morgan fingerprint density at radius 1 is 0.968 bits per heavy atom. The normalized spacial score (nSPS) is 23.2. The summed E-state index contributed by atoms with van der Waals surface area (Å²) in [6.45, 7) is 0.925. The number of primary amides is 1. The zero-order valence-corrected chi connectivity index (χ0v) is 18.2. The van der Waals surface area contributed by atoms with E-state index in [0.29, 0.717) is 18.7 Å². The van der Waals surface area contributed by atoms with Crippen molar-refractivity contribution in [2.45, 2.75) is 55.8 Å². The number of nitrogens with two attached hydrogens (primary N) is 1. The second kappa shape index (κ2) is 8.69. The van der Waals surface area contributed by atoms with Crippen LogP contribution < -0.4 is 10.5 Å². The number of benzene rings is 1. The highest BCUT2D eigenvalue weighted by Crippen LogP contribution is 2.43. The van der Waals surface area contributed by atoms with E-state index in [-0.39, 0.29) is 12.5 Å². The van der Waals surface area contributed by atoms with Gasteiger partial charge < -0.3 is 15.4 Å². The molecular formula is C25H31N3O3. The molecule has 0 unspecified atom stereocenters. The number of amides is 2. The Hall–Kier alpha value is -2.89. The molecule has 1 aromatic carbocycles. The second-order valence-corrected chi connectivity index (χ2v) is 8.86. The topological polar surface area (TPSA) is 85.5 Å². The second-order valence-electron chi connectivity index (χ2n) is 8.86. The lowest BCUT2D eigenvalue weighted by atomic mass is 9.67. The minimum atomic E-state index is -0.940. The largest absolute Gasteiger partial charge is 0.497 e. The third-order valence-corrected chi connectivity index (χ3v) is 7.17. The lowest BCUT2D eigenvalue weighted by Crippen LogP contribution is -2.59. The third kappa shape index (κ3) is 3.80. The molecule has 2 fully saturated rings. The van der Waals surface area contributed by atoms with Crippen LogP contribution in [0.25, 0.3) is 0 Å². The first-order chi connectivity index (χ1) is 15.0. The molecule has 164 valence electrons. The van der Waals surface area contributed by atoms with Gasteiger partial charge in [0.15, 0.2) is 0 Å². The average molecular weight is 422 g/mol. The molecule has 1 aliphatic heterocycles. The number of hydrogen-bond donors (Lipinski definition) is 1. The van der Waals surface area contributed by atoms with Crippen molar-refractivity contribution in [2.75, 3.05) is 20.2 Å². The maximum atomic E-state index is 14.1. The van der Waals surface area contributed by atoms with Crippen molar-refractivity contribution in [3.05, 3.63) is 59.9 Å². The zero-order valence-electron chi connectivity index (χ0n) is 18.2. The van der Waals surface area contributed by atoms with E-state index in [0.717, 1.165) is 49.8 Å². The van der Waals surface area contributed by atoms with Gasteiger partial charge in [-0.15, -0.1) is 0 Å². The first-order valence-electron chi connectivity index (χ1n) is 11.2. The van der Waals surface area contributed by atoms with Crippen molar-refractivity contribution >= 4 is 11.8 Å². The van der Waals surface area contributed by atoms with Gasteiger partial charge in [-0.3, -0.25) is 14.6 Å². The predicted molar refractivity (Wildman–Crippen MR) is 119 cm³/mol. The summed E-state index contributed by atoms with van der Waals surface area (Å²) in [5.41, 5.74) is 6.11. The fourth-order valence-electron chi connectivity index (χ4n) is 5.41. The van der Waals surface area contributed by atoms with Gasteiger partial charge in [-0.1, -0.05) is 37.5 Å². The standard InChI is InChI=1S/C25H31N3O3/c1-31-20-11-9-19(10-12-20)24(13-4-2-5-14-24)23(30)28-17-7-15-25(18-28,22(26)29)21-8-3-6-16-27-21/h3,6,8-12,16H,2,4-5,7,13-15,17-18H2,1H3,(H2,26,29)/t25-/m1/s1. The summed E-state index contributed by atoms with van der Waals surface area (Å²) in [4.78, 5) is 33.1. The number of likely N-dealkylation sites (tertiary alicyclic amines) is 1. The predicted octanol–water partition coefficient (Wildman–Crippen LogP) is 3.34. The Bertz CT molecular complexity index is 923. The lowest BCUT2D eigenvalue weighted by molar-refractivity contribution is -0.143. The summed E-state index contributed by atoms with van der Waals surface area (Å²) in [5.74, 6) is 0.479. The van der Waals surface area contributed by atoms with E-state index in [2.05, 4.69) is 4.98 Å². The van der Waals surface area contributed by atoms with Crippen molar-refractivity contribution in [2.24, 2.45) is 5.73 Å². The minimum Gasteiger partial charge on any atom is -0.497 e. The molecular weight excluding hydrogens is 390 g/mol. The number of carbonyl (C=O) groups excluding carboxylic acids is 2. The van der Waals surface area contributed by atoms with Gasteiger partial charge in [-0.25, -0.2) is 0 Å². The van der Waals surface area contributed by atoms with Crippen LogP contribution in [0.15, 0.2) is 48.7 Å². The molecule has 1 saturated carbocycles. The number of pyridine rings is 1. The number of ether oxygens (including phenoxy) is 1. The minimum absolute atomic E-state index is 0.110. The van der Waals surface area contributed by atoms with E-state index in [9.17, 15) is 9.59 Å². The van der Waals surface area contributed by atoms with Gasteiger partial charge in [-0.2, -0.15) is 0 Å². The fourth-order valence-corrected chi connectivity index (χ4v) is 5.41. The van der Waals surface area contributed by atoms with E-state index in [1.54, 1.807) is 13.3 Å². The molecule has 6 heteroatoms. The molecule has 1 aliphatic carbocycles. The summed E-state index contributed by atoms with van der Waals surface area (Å²) < 4.78 is 5.32. The molecule has 0 radical (unpaired) electrons. The molecule has 1 saturated heterocycles. The van der Waals surface area contributed by atoms with E-state index < -0.39 is 16.7 Å². The summed E-state index contributed by atoms with van der Waals surface area (Å²) in [7, 11) is 1.64. The highest BCUT2D eigenvalue weighted by atomic mass is 16.5. The Morgan fingerprint density at radius 2 is 1.68 bits per heavy atom. The van der Waals surface area contributed by atoms with Gasteiger partial charge in [0.1, 0.15) is 11.2 Å². The molecule has 31 heavy (non-hydrogen) atoms. The highest BCUT2D eigenvalue weighted by molar-refractivity contribution is 5.91. The molecule has 1 aromatic heterocycles. The Labute approximate surface area is 183 Å². The lowest BCUT2D eigenvalue weighted by Gasteiger charge is -2.46. The van der Waals surface area contributed by atoms with Gasteiger partial charge in [0, 0.05) is 19.3 Å². The van der Waals surface area contributed by atoms with Gasteiger partial charge in [0.25, 0.3) is 0 Å². The van der Waals surface area contributed by atoms with Crippen molar-refractivity contribution in [1.82, 2.24) is 9.88 Å². The van der Waals surface area contributed by atoms with E-state index in [1.807, 2.05) is 47.4 Å². The smallest absolute Gasteiger partial charge is 0.233 e. The van der Waals surface area contributed by atoms with Crippen LogP contribution in [0.4, 0.5) is 0 Å². The maximum Gasteiger partial charge on any atom is 0.233 e. The molecule has 1 atom stereocenters. The van der Waals surface area contributed by atoms with Crippen molar-refractivity contribution < 1.29 is 14.3 Å². The van der Waals surface area contributed by atoms with Crippen LogP contribution in [0.1, 0.15) is 56.2 Å². The number of nitrogens with zero attached hydrogens (tertiary/aromatic N) is 2. The number of aromatic nitrogens is 1. The maximum absolute atomic E-state index is 14.1. The van der Waals surface area contributed by atoms with Crippen LogP contribution in [-0.2, 0) is 20.4 Å². The van der Waals surface area contributed by atoms with E-state index in [4.69, 9.17) is 10.5 Å². The molecule has 0 bridgehead atoms. The fraction of sp³-hybridized carbons (Fsp3) is 0.480. The van der Waals surface area contributed by atoms with Crippen LogP contribution in [0, 0.1) is 0 Å². The van der Waals surface area contributed by atoms with Crippen molar-refractivity contribution in [3.63, 3.8) is 0 Å². The first kappa shape index (κ1) is 21.3. The molecule has 2 aliphatic rings. The molecule has 4 rings (SSSR count).